The first-order valence-electron chi connectivity index (χ1n) is 11.3. The molecule has 5 nitrogen and oxygen atoms in total. The first-order valence-corrected chi connectivity index (χ1v) is 12.5. The predicted molar refractivity (Wildman–Crippen MR) is 127 cm³/mol. The minimum absolute atomic E-state index is 0.589. The largest absolute Gasteiger partial charge is 0.356 e. The second-order valence-corrected chi connectivity index (χ2v) is 9.46. The van der Waals surface area contributed by atoms with Crippen LogP contribution in [-0.2, 0) is 6.54 Å². The Kier molecular flexibility index (Phi) is 9.64. The molecule has 0 radical (unpaired) electrons. The maximum absolute atomic E-state index is 4.40. The molecular weight excluding hydrogens is 378 g/mol. The van der Waals surface area contributed by atoms with Gasteiger partial charge >= 0.3 is 0 Å². The first kappa shape index (κ1) is 22.4. The van der Waals surface area contributed by atoms with Crippen molar-refractivity contribution in [1.29, 1.82) is 0 Å². The lowest BCUT2D eigenvalue weighted by molar-refractivity contribution is 0.126. The maximum Gasteiger partial charge on any atom is 0.191 e. The molecule has 29 heavy (non-hydrogen) atoms. The molecule has 0 aromatic heterocycles. The van der Waals surface area contributed by atoms with Crippen molar-refractivity contribution in [3.8, 4) is 0 Å². The quantitative estimate of drug-likeness (QED) is 0.367. The van der Waals surface area contributed by atoms with Gasteiger partial charge in [0.05, 0.1) is 0 Å². The zero-order valence-corrected chi connectivity index (χ0v) is 19.1. The highest BCUT2D eigenvalue weighted by Crippen LogP contribution is 2.27. The molecule has 6 heteroatoms. The van der Waals surface area contributed by atoms with Gasteiger partial charge in [-0.2, -0.15) is 11.8 Å². The molecule has 1 aliphatic carbocycles. The molecule has 0 amide bonds. The summed E-state index contributed by atoms with van der Waals surface area (Å²) in [6.07, 6.45) is 8.53. The minimum atomic E-state index is 0.589. The number of guanidine groups is 1. The van der Waals surface area contributed by atoms with Gasteiger partial charge in [0.1, 0.15) is 0 Å². The molecule has 1 aromatic carbocycles. The van der Waals surface area contributed by atoms with Crippen LogP contribution in [0, 0.1) is 0 Å². The summed E-state index contributed by atoms with van der Waals surface area (Å²) in [6.45, 7) is 8.06. The van der Waals surface area contributed by atoms with Gasteiger partial charge in [-0.3, -0.25) is 9.89 Å². The highest BCUT2D eigenvalue weighted by Gasteiger charge is 2.24. The van der Waals surface area contributed by atoms with E-state index in [9.17, 15) is 0 Å². The zero-order chi connectivity index (χ0) is 20.3. The van der Waals surface area contributed by atoms with Gasteiger partial charge in [-0.15, -0.1) is 0 Å². The van der Waals surface area contributed by atoms with Crippen LogP contribution in [0.3, 0.4) is 0 Å². The van der Waals surface area contributed by atoms with Crippen LogP contribution < -0.4 is 10.6 Å². The fourth-order valence-corrected chi connectivity index (χ4v) is 5.15. The maximum atomic E-state index is 4.40. The van der Waals surface area contributed by atoms with Crippen LogP contribution in [0.1, 0.15) is 37.7 Å². The van der Waals surface area contributed by atoms with Crippen molar-refractivity contribution >= 4 is 17.7 Å². The smallest absolute Gasteiger partial charge is 0.191 e. The van der Waals surface area contributed by atoms with Gasteiger partial charge in [-0.1, -0.05) is 30.3 Å². The number of hydrogen-bond acceptors (Lipinski definition) is 4. The molecule has 3 rings (SSSR count). The van der Waals surface area contributed by atoms with Crippen molar-refractivity contribution in [3.05, 3.63) is 35.9 Å². The third-order valence-electron chi connectivity index (χ3n) is 6.19. The first-order chi connectivity index (χ1) is 14.3. The SMILES string of the molecule is CN=C(NCCCCN1CCN(Cc2ccccc2)CC1)NC1CCC(SC)C1. The van der Waals surface area contributed by atoms with Gasteiger partial charge in [-0.25, -0.2) is 0 Å². The second-order valence-electron chi connectivity index (χ2n) is 8.32. The van der Waals surface area contributed by atoms with E-state index in [0.717, 1.165) is 24.3 Å². The molecule has 1 aliphatic heterocycles. The Balaban J connectivity index is 1.23. The lowest BCUT2D eigenvalue weighted by Gasteiger charge is -2.34. The number of unbranched alkanes of at least 4 members (excludes halogenated alkanes) is 1. The summed E-state index contributed by atoms with van der Waals surface area (Å²) in [5.74, 6) is 0.978. The van der Waals surface area contributed by atoms with Crippen molar-refractivity contribution in [2.45, 2.75) is 49.9 Å². The summed E-state index contributed by atoms with van der Waals surface area (Å²) >= 11 is 2.00. The number of piperazine rings is 1. The van der Waals surface area contributed by atoms with Crippen molar-refractivity contribution in [3.63, 3.8) is 0 Å². The molecule has 0 spiro atoms. The van der Waals surface area contributed by atoms with E-state index in [1.807, 2.05) is 18.8 Å². The fourth-order valence-electron chi connectivity index (χ4n) is 4.35. The monoisotopic (exact) mass is 417 g/mol. The Hall–Kier alpha value is -1.24. The number of nitrogens with one attached hydrogen (secondary N) is 2. The van der Waals surface area contributed by atoms with Crippen LogP contribution in [0.2, 0.25) is 0 Å². The van der Waals surface area contributed by atoms with E-state index in [4.69, 9.17) is 0 Å². The van der Waals surface area contributed by atoms with Crippen LogP contribution in [0.25, 0.3) is 0 Å². The summed E-state index contributed by atoms with van der Waals surface area (Å²) in [7, 11) is 1.88. The zero-order valence-electron chi connectivity index (χ0n) is 18.3. The molecule has 162 valence electrons. The van der Waals surface area contributed by atoms with E-state index < -0.39 is 0 Å². The minimum Gasteiger partial charge on any atom is -0.356 e. The van der Waals surface area contributed by atoms with Gasteiger partial charge in [0.15, 0.2) is 5.96 Å². The molecule has 2 aliphatic rings. The standard InChI is InChI=1S/C23H39N5S/c1-24-23(26-21-10-11-22(18-21)29-2)25-12-6-7-13-27-14-16-28(17-15-27)19-20-8-4-3-5-9-20/h3-5,8-9,21-22H,6-7,10-19H2,1-2H3,(H2,24,25,26). The normalized spacial score (nSPS) is 24.0. The van der Waals surface area contributed by atoms with Crippen LogP contribution in [0.15, 0.2) is 35.3 Å². The molecule has 0 bridgehead atoms. The fraction of sp³-hybridized carbons (Fsp3) is 0.696. The predicted octanol–water partition coefficient (Wildman–Crippen LogP) is 3.03. The number of aliphatic imine (C=N–C) groups is 1. The summed E-state index contributed by atoms with van der Waals surface area (Å²) in [6, 6.07) is 11.4. The highest BCUT2D eigenvalue weighted by atomic mass is 32.2. The highest BCUT2D eigenvalue weighted by molar-refractivity contribution is 7.99. The van der Waals surface area contributed by atoms with Gasteiger partial charge in [0.25, 0.3) is 0 Å². The van der Waals surface area contributed by atoms with Crippen molar-refractivity contribution in [2.24, 2.45) is 4.99 Å². The second kappa shape index (κ2) is 12.5. The molecule has 2 unspecified atom stereocenters. The Morgan fingerprint density at radius 3 is 2.52 bits per heavy atom. The molecular formula is C23H39N5S. The molecule has 1 saturated carbocycles. The van der Waals surface area contributed by atoms with Crippen molar-refractivity contribution in [2.75, 3.05) is 52.6 Å². The van der Waals surface area contributed by atoms with Gasteiger partial charge in [0, 0.05) is 57.6 Å². The molecule has 2 fully saturated rings. The van der Waals surface area contributed by atoms with E-state index in [-0.39, 0.29) is 0 Å². The number of benzene rings is 1. The third-order valence-corrected chi connectivity index (χ3v) is 7.28. The topological polar surface area (TPSA) is 42.9 Å². The van der Waals surface area contributed by atoms with Gasteiger partial charge in [-0.05, 0) is 50.5 Å². The Morgan fingerprint density at radius 2 is 1.83 bits per heavy atom. The average molecular weight is 418 g/mol. The molecule has 2 N–H and O–H groups in total. The Labute approximate surface area is 181 Å². The molecule has 2 atom stereocenters. The summed E-state index contributed by atoms with van der Waals surface area (Å²) in [5, 5.41) is 7.93. The molecule has 1 heterocycles. The average Bonchev–Trinajstić information content (AvgIpc) is 3.22. The van der Waals surface area contributed by atoms with E-state index in [1.54, 1.807) is 0 Å². The van der Waals surface area contributed by atoms with E-state index >= 15 is 0 Å². The number of rotatable bonds is 9. The van der Waals surface area contributed by atoms with Crippen LogP contribution >= 0.6 is 11.8 Å². The van der Waals surface area contributed by atoms with E-state index in [2.05, 4.69) is 62.0 Å². The van der Waals surface area contributed by atoms with Crippen molar-refractivity contribution < 1.29 is 0 Å². The van der Waals surface area contributed by atoms with Crippen LogP contribution in [0.5, 0.6) is 0 Å². The summed E-state index contributed by atoms with van der Waals surface area (Å²) in [4.78, 5) is 9.60. The number of nitrogens with zero attached hydrogens (tertiary/aromatic N) is 3. The van der Waals surface area contributed by atoms with E-state index in [1.165, 1.54) is 70.4 Å². The van der Waals surface area contributed by atoms with Crippen LogP contribution in [-0.4, -0.2) is 79.6 Å². The summed E-state index contributed by atoms with van der Waals surface area (Å²) in [5.41, 5.74) is 1.43. The summed E-state index contributed by atoms with van der Waals surface area (Å²) < 4.78 is 0. The number of hydrogen-bond donors (Lipinski definition) is 2. The Morgan fingerprint density at radius 1 is 1.07 bits per heavy atom. The van der Waals surface area contributed by atoms with E-state index in [0.29, 0.717) is 6.04 Å². The molecule has 1 saturated heterocycles. The van der Waals surface area contributed by atoms with Crippen molar-refractivity contribution in [1.82, 2.24) is 20.4 Å². The molecule has 1 aromatic rings. The van der Waals surface area contributed by atoms with Crippen LogP contribution in [0.4, 0.5) is 0 Å². The third kappa shape index (κ3) is 7.83. The lowest BCUT2D eigenvalue weighted by atomic mass is 10.2. The van der Waals surface area contributed by atoms with Gasteiger partial charge in [0.2, 0.25) is 0 Å². The van der Waals surface area contributed by atoms with Gasteiger partial charge < -0.3 is 15.5 Å². The Bertz CT molecular complexity index is 601. The lowest BCUT2D eigenvalue weighted by Crippen LogP contribution is -2.46. The number of thioether (sulfide) groups is 1.